The van der Waals surface area contributed by atoms with Gasteiger partial charge in [0.1, 0.15) is 0 Å². The van der Waals surface area contributed by atoms with E-state index in [0.29, 0.717) is 16.9 Å². The Morgan fingerprint density at radius 3 is 1.62 bits per heavy atom. The third kappa shape index (κ3) is 3.24. The van der Waals surface area contributed by atoms with E-state index in [1.807, 2.05) is 36.4 Å². The summed E-state index contributed by atoms with van der Waals surface area (Å²) >= 11 is 0. The average Bonchev–Trinajstić information content (AvgIpc) is 3.80. The number of fused-ring (bicyclic) bond motifs is 10. The lowest BCUT2D eigenvalue weighted by Crippen LogP contribution is -2.32. The summed E-state index contributed by atoms with van der Waals surface area (Å²) < 4.78 is 0. The Labute approximate surface area is 232 Å². The van der Waals surface area contributed by atoms with Crippen LogP contribution < -0.4 is 9.80 Å². The predicted molar refractivity (Wildman–Crippen MR) is 149 cm³/mol. The van der Waals surface area contributed by atoms with E-state index in [1.165, 1.54) is 9.80 Å². The highest BCUT2D eigenvalue weighted by Gasteiger charge is 2.60. The molecule has 4 amide bonds. The van der Waals surface area contributed by atoms with Crippen molar-refractivity contribution in [2.24, 2.45) is 47.3 Å². The maximum absolute atomic E-state index is 13.2. The second kappa shape index (κ2) is 8.50. The molecule has 2 aromatic rings. The van der Waals surface area contributed by atoms with Gasteiger partial charge in [-0.3, -0.25) is 19.2 Å². The maximum atomic E-state index is 13.2. The molecule has 2 aromatic carbocycles. The summed E-state index contributed by atoms with van der Waals surface area (Å²) in [7, 11) is 0. The first kappa shape index (κ1) is 23.4. The smallest absolute Gasteiger partial charge is 0.238 e. The second-order valence-electron chi connectivity index (χ2n) is 11.8. The molecule has 2 aliphatic heterocycles. The summed E-state index contributed by atoms with van der Waals surface area (Å²) in [5.41, 5.74) is 2.71. The SMILES string of the molecule is O=C1C2C3C=CC(C3)C2C(=O)N1c1cccc(C#CC=Cc2cccc(N3C(=O)C4C5C=CC(C5)C4C3=O)c2)c1. The molecule has 6 heteroatoms. The Morgan fingerprint density at radius 2 is 1.10 bits per heavy atom. The number of rotatable bonds is 3. The van der Waals surface area contributed by atoms with E-state index < -0.39 is 0 Å². The molecule has 2 saturated carbocycles. The Hall–Kier alpha value is -4.50. The lowest BCUT2D eigenvalue weighted by Gasteiger charge is -2.17. The van der Waals surface area contributed by atoms with Crippen LogP contribution in [0.25, 0.3) is 6.08 Å². The number of benzene rings is 2. The minimum absolute atomic E-state index is 0.0878. The fourth-order valence-electron chi connectivity index (χ4n) is 8.07. The van der Waals surface area contributed by atoms with Gasteiger partial charge in [-0.25, -0.2) is 9.80 Å². The Balaban J connectivity index is 0.987. The maximum Gasteiger partial charge on any atom is 0.238 e. The molecule has 6 nitrogen and oxygen atoms in total. The highest BCUT2D eigenvalue weighted by Crippen LogP contribution is 2.54. The van der Waals surface area contributed by atoms with Crippen molar-refractivity contribution in [3.8, 4) is 11.8 Å². The van der Waals surface area contributed by atoms with Crippen molar-refractivity contribution in [3.05, 3.63) is 90.0 Å². The van der Waals surface area contributed by atoms with Crippen molar-refractivity contribution >= 4 is 41.1 Å². The fraction of sp³-hybridized carbons (Fsp3) is 0.294. The van der Waals surface area contributed by atoms with Crippen LogP contribution >= 0.6 is 0 Å². The number of carbonyl (C=O) groups is 4. The molecule has 0 aromatic heterocycles. The van der Waals surface area contributed by atoms with Gasteiger partial charge in [0.2, 0.25) is 23.6 Å². The number of nitrogens with zero attached hydrogens (tertiary/aromatic N) is 2. The highest BCUT2D eigenvalue weighted by atomic mass is 16.2. The van der Waals surface area contributed by atoms with Crippen molar-refractivity contribution in [3.63, 3.8) is 0 Å². The molecule has 2 saturated heterocycles. The normalized spacial score (nSPS) is 34.4. The highest BCUT2D eigenvalue weighted by molar-refractivity contribution is 6.23. The van der Waals surface area contributed by atoms with Gasteiger partial charge in [0, 0.05) is 5.56 Å². The minimum Gasteiger partial charge on any atom is -0.274 e. The first-order valence-corrected chi connectivity index (χ1v) is 14.0. The summed E-state index contributed by atoms with van der Waals surface area (Å²) in [6.07, 6.45) is 13.8. The van der Waals surface area contributed by atoms with E-state index in [0.717, 1.165) is 18.4 Å². The van der Waals surface area contributed by atoms with Gasteiger partial charge in [0.05, 0.1) is 35.0 Å². The lowest BCUT2D eigenvalue weighted by atomic mass is 9.85. The molecular formula is C34H26N2O4. The van der Waals surface area contributed by atoms with Crippen LogP contribution in [0.3, 0.4) is 0 Å². The molecular weight excluding hydrogens is 500 g/mol. The molecule has 4 aliphatic carbocycles. The van der Waals surface area contributed by atoms with Crippen LogP contribution in [0.4, 0.5) is 11.4 Å². The Kier molecular flexibility index (Phi) is 4.97. The summed E-state index contributed by atoms with van der Waals surface area (Å²) in [5, 5.41) is 0. The van der Waals surface area contributed by atoms with Crippen LogP contribution in [-0.2, 0) is 19.2 Å². The fourth-order valence-corrected chi connectivity index (χ4v) is 8.07. The van der Waals surface area contributed by atoms with E-state index >= 15 is 0 Å². The summed E-state index contributed by atoms with van der Waals surface area (Å²) in [5.74, 6) is 5.57. The summed E-state index contributed by atoms with van der Waals surface area (Å²) in [4.78, 5) is 55.3. The number of anilines is 2. The topological polar surface area (TPSA) is 74.8 Å². The number of allylic oxidation sites excluding steroid dienone is 5. The predicted octanol–water partition coefficient (Wildman–Crippen LogP) is 4.37. The van der Waals surface area contributed by atoms with Gasteiger partial charge in [-0.1, -0.05) is 54.3 Å². The first-order chi connectivity index (χ1) is 19.5. The zero-order chi connectivity index (χ0) is 27.1. The van der Waals surface area contributed by atoms with Crippen molar-refractivity contribution in [1.82, 2.24) is 0 Å². The zero-order valence-corrected chi connectivity index (χ0v) is 21.6. The monoisotopic (exact) mass is 526 g/mol. The first-order valence-electron chi connectivity index (χ1n) is 14.0. The van der Waals surface area contributed by atoms with Gasteiger partial charge < -0.3 is 0 Å². The number of imide groups is 2. The molecule has 0 N–H and O–H groups in total. The quantitative estimate of drug-likeness (QED) is 0.338. The van der Waals surface area contributed by atoms with E-state index in [1.54, 1.807) is 24.3 Å². The standard InChI is InChI=1S/C34H26N2O4/c37-31-27-21-11-12-22(17-21)28(27)32(38)35(31)25-9-3-7-19(15-25)5-1-2-6-20-8-4-10-26(16-20)36-33(39)29-23-13-14-24(18-23)30(29)34(36)40/h1,3-5,7-16,21-24,27-30H,17-18H2. The third-order valence-electron chi connectivity index (χ3n) is 9.75. The molecule has 0 spiro atoms. The van der Waals surface area contributed by atoms with Gasteiger partial charge in [-0.2, -0.15) is 0 Å². The molecule has 0 radical (unpaired) electrons. The van der Waals surface area contributed by atoms with Crippen LogP contribution in [0.5, 0.6) is 0 Å². The Morgan fingerprint density at radius 1 is 0.625 bits per heavy atom. The molecule has 2 heterocycles. The molecule has 196 valence electrons. The van der Waals surface area contributed by atoms with Crippen molar-refractivity contribution < 1.29 is 19.2 Å². The number of hydrogen-bond donors (Lipinski definition) is 0. The molecule has 8 atom stereocenters. The van der Waals surface area contributed by atoms with E-state index in [2.05, 4.69) is 36.1 Å². The van der Waals surface area contributed by atoms with Crippen LogP contribution in [0.1, 0.15) is 24.0 Å². The molecule has 6 aliphatic rings. The average molecular weight is 527 g/mol. The summed E-state index contributed by atoms with van der Waals surface area (Å²) in [6.45, 7) is 0. The molecule has 40 heavy (non-hydrogen) atoms. The van der Waals surface area contributed by atoms with E-state index in [9.17, 15) is 19.2 Å². The van der Waals surface area contributed by atoms with Crippen LogP contribution in [-0.4, -0.2) is 23.6 Å². The van der Waals surface area contributed by atoms with Crippen LogP contribution in [0.15, 0.2) is 78.9 Å². The third-order valence-corrected chi connectivity index (χ3v) is 9.75. The lowest BCUT2D eigenvalue weighted by molar-refractivity contribution is -0.124. The van der Waals surface area contributed by atoms with Gasteiger partial charge >= 0.3 is 0 Å². The van der Waals surface area contributed by atoms with E-state index in [4.69, 9.17) is 0 Å². The van der Waals surface area contributed by atoms with Crippen molar-refractivity contribution in [1.29, 1.82) is 0 Å². The molecule has 8 rings (SSSR count). The number of amides is 4. The van der Waals surface area contributed by atoms with Crippen molar-refractivity contribution in [2.75, 3.05) is 9.80 Å². The second-order valence-corrected chi connectivity index (χ2v) is 11.8. The van der Waals surface area contributed by atoms with Gasteiger partial charge in [-0.05, 0) is 84.6 Å². The summed E-state index contributed by atoms with van der Waals surface area (Å²) in [6, 6.07) is 14.6. The van der Waals surface area contributed by atoms with Crippen molar-refractivity contribution in [2.45, 2.75) is 12.8 Å². The van der Waals surface area contributed by atoms with Gasteiger partial charge in [-0.15, -0.1) is 0 Å². The number of carbonyl (C=O) groups excluding carboxylic acids is 4. The molecule has 8 unspecified atom stereocenters. The minimum atomic E-state index is -0.228. The Bertz CT molecular complexity index is 1610. The molecule has 4 bridgehead atoms. The van der Waals surface area contributed by atoms with Crippen LogP contribution in [0.2, 0.25) is 0 Å². The number of hydrogen-bond acceptors (Lipinski definition) is 4. The largest absolute Gasteiger partial charge is 0.274 e. The van der Waals surface area contributed by atoms with Gasteiger partial charge in [0.15, 0.2) is 0 Å². The van der Waals surface area contributed by atoms with E-state index in [-0.39, 0.29) is 71.0 Å². The molecule has 4 fully saturated rings. The zero-order valence-electron chi connectivity index (χ0n) is 21.6. The van der Waals surface area contributed by atoms with Crippen LogP contribution in [0, 0.1) is 59.2 Å². The van der Waals surface area contributed by atoms with Gasteiger partial charge in [0.25, 0.3) is 0 Å².